The minimum absolute atomic E-state index is 1.04. The van der Waals surface area contributed by atoms with Crippen LogP contribution in [-0.2, 0) is 0 Å². The monoisotopic (exact) mass is 140 g/mol. The second-order valence-electron chi connectivity index (χ2n) is 2.25. The Kier molecular flexibility index (Phi) is 5.94. The lowest BCUT2D eigenvalue weighted by atomic mass is 10.1. The molecule has 0 aliphatic carbocycles. The van der Waals surface area contributed by atoms with Gasteiger partial charge in [0, 0.05) is 0 Å². The van der Waals surface area contributed by atoms with Crippen molar-refractivity contribution in [2.45, 2.75) is 33.1 Å². The van der Waals surface area contributed by atoms with E-state index >= 15 is 0 Å². The van der Waals surface area contributed by atoms with Gasteiger partial charge in [0.15, 0.2) is 0 Å². The van der Waals surface area contributed by atoms with Gasteiger partial charge in [-0.15, -0.1) is 0 Å². The van der Waals surface area contributed by atoms with Crippen LogP contribution in [0.1, 0.15) is 33.1 Å². The second kappa shape index (κ2) is 6.40. The number of aliphatic hydroxyl groups is 1. The number of rotatable bonds is 4. The van der Waals surface area contributed by atoms with Gasteiger partial charge in [0.1, 0.15) is 0 Å². The average molecular weight is 140 g/mol. The molecule has 0 aromatic rings. The molecule has 0 aliphatic rings. The summed E-state index contributed by atoms with van der Waals surface area (Å²) >= 11 is 0. The molecule has 0 amide bonds. The van der Waals surface area contributed by atoms with Crippen molar-refractivity contribution in [3.05, 3.63) is 24.0 Å². The van der Waals surface area contributed by atoms with Crippen LogP contribution in [0.15, 0.2) is 24.0 Å². The van der Waals surface area contributed by atoms with E-state index in [2.05, 4.69) is 19.9 Å². The highest BCUT2D eigenvalue weighted by Crippen LogP contribution is 2.06. The van der Waals surface area contributed by atoms with Gasteiger partial charge in [-0.25, -0.2) is 0 Å². The van der Waals surface area contributed by atoms with Crippen LogP contribution < -0.4 is 0 Å². The van der Waals surface area contributed by atoms with Crippen molar-refractivity contribution < 1.29 is 5.11 Å². The Hall–Kier alpha value is -0.720. The maximum Gasteiger partial charge on any atom is 0.0794 e. The molecule has 1 N–H and O–H groups in total. The van der Waals surface area contributed by atoms with E-state index in [1.54, 1.807) is 6.08 Å². The zero-order valence-corrected chi connectivity index (χ0v) is 6.80. The fourth-order valence-corrected chi connectivity index (χ4v) is 0.900. The SMILES string of the molecule is CC/C=C(\C=C\O)CCC. The highest BCUT2D eigenvalue weighted by molar-refractivity contribution is 5.16. The summed E-state index contributed by atoms with van der Waals surface area (Å²) in [5.74, 6) is 0. The van der Waals surface area contributed by atoms with Crippen molar-refractivity contribution in [3.63, 3.8) is 0 Å². The van der Waals surface area contributed by atoms with Gasteiger partial charge in [-0.3, -0.25) is 0 Å². The molecule has 1 nitrogen and oxygen atoms in total. The van der Waals surface area contributed by atoms with E-state index in [9.17, 15) is 0 Å². The maximum atomic E-state index is 8.47. The lowest BCUT2D eigenvalue weighted by molar-refractivity contribution is 0.473. The van der Waals surface area contributed by atoms with Crippen LogP contribution in [0.5, 0.6) is 0 Å². The van der Waals surface area contributed by atoms with Crippen molar-refractivity contribution in [1.29, 1.82) is 0 Å². The molecule has 0 aromatic carbocycles. The Morgan fingerprint density at radius 3 is 2.50 bits per heavy atom. The third-order valence-corrected chi connectivity index (χ3v) is 1.29. The topological polar surface area (TPSA) is 20.2 Å². The van der Waals surface area contributed by atoms with Crippen LogP contribution in [0, 0.1) is 0 Å². The molecule has 0 aromatic heterocycles. The van der Waals surface area contributed by atoms with Crippen LogP contribution in [0.25, 0.3) is 0 Å². The fraction of sp³-hybridized carbons (Fsp3) is 0.556. The maximum absolute atomic E-state index is 8.47. The van der Waals surface area contributed by atoms with E-state index in [-0.39, 0.29) is 0 Å². The number of aliphatic hydroxyl groups excluding tert-OH is 1. The smallest absolute Gasteiger partial charge is 0.0794 e. The fourth-order valence-electron chi connectivity index (χ4n) is 0.900. The summed E-state index contributed by atoms with van der Waals surface area (Å²) in [7, 11) is 0. The summed E-state index contributed by atoms with van der Waals surface area (Å²) < 4.78 is 0. The largest absolute Gasteiger partial charge is 0.516 e. The summed E-state index contributed by atoms with van der Waals surface area (Å²) in [4.78, 5) is 0. The molecular weight excluding hydrogens is 124 g/mol. The third kappa shape index (κ3) is 4.19. The van der Waals surface area contributed by atoms with Crippen molar-refractivity contribution in [2.24, 2.45) is 0 Å². The zero-order valence-electron chi connectivity index (χ0n) is 6.80. The van der Waals surface area contributed by atoms with E-state index < -0.39 is 0 Å². The Labute approximate surface area is 63.1 Å². The zero-order chi connectivity index (χ0) is 7.82. The lowest BCUT2D eigenvalue weighted by Gasteiger charge is -1.96. The van der Waals surface area contributed by atoms with Crippen LogP contribution in [-0.4, -0.2) is 5.11 Å². The molecule has 0 saturated heterocycles. The summed E-state index contributed by atoms with van der Waals surface area (Å²) in [5.41, 5.74) is 1.23. The summed E-state index contributed by atoms with van der Waals surface area (Å²) in [6.45, 7) is 4.23. The third-order valence-electron chi connectivity index (χ3n) is 1.29. The predicted octanol–water partition coefficient (Wildman–Crippen LogP) is 3.19. The molecule has 10 heavy (non-hydrogen) atoms. The summed E-state index contributed by atoms with van der Waals surface area (Å²) in [5, 5.41) is 8.47. The predicted molar refractivity (Wildman–Crippen MR) is 45.1 cm³/mol. The van der Waals surface area contributed by atoms with Gasteiger partial charge in [-0.1, -0.05) is 26.3 Å². The molecule has 0 rings (SSSR count). The minimum atomic E-state index is 1.04. The van der Waals surface area contributed by atoms with E-state index in [0.29, 0.717) is 0 Å². The quantitative estimate of drug-likeness (QED) is 0.469. The van der Waals surface area contributed by atoms with Crippen molar-refractivity contribution >= 4 is 0 Å². The first kappa shape index (κ1) is 9.28. The standard InChI is InChI=1S/C9H16O/c1-3-5-9(6-4-2)7-8-10/h5,7-8,10H,3-4,6H2,1-2H3/b8-7+,9-5-. The van der Waals surface area contributed by atoms with Crippen LogP contribution in [0.2, 0.25) is 0 Å². The van der Waals surface area contributed by atoms with Gasteiger partial charge >= 0.3 is 0 Å². The molecule has 0 aliphatic heterocycles. The van der Waals surface area contributed by atoms with E-state index in [0.717, 1.165) is 25.5 Å². The molecule has 0 spiro atoms. The van der Waals surface area contributed by atoms with Gasteiger partial charge in [-0.2, -0.15) is 0 Å². The molecule has 0 radical (unpaired) electrons. The van der Waals surface area contributed by atoms with E-state index in [1.807, 2.05) is 0 Å². The van der Waals surface area contributed by atoms with E-state index in [4.69, 9.17) is 5.11 Å². The average Bonchev–Trinajstić information content (AvgIpc) is 1.90. The summed E-state index contributed by atoms with van der Waals surface area (Å²) in [6, 6.07) is 0. The first-order chi connectivity index (χ1) is 4.85. The van der Waals surface area contributed by atoms with Crippen molar-refractivity contribution in [3.8, 4) is 0 Å². The second-order valence-corrected chi connectivity index (χ2v) is 2.25. The van der Waals surface area contributed by atoms with Crippen molar-refractivity contribution in [2.75, 3.05) is 0 Å². The Balaban J connectivity index is 3.84. The molecule has 0 bridgehead atoms. The highest BCUT2D eigenvalue weighted by Gasteiger charge is 1.87. The van der Waals surface area contributed by atoms with Gasteiger partial charge in [0.25, 0.3) is 0 Å². The first-order valence-electron chi connectivity index (χ1n) is 3.84. The van der Waals surface area contributed by atoms with Gasteiger partial charge < -0.3 is 5.11 Å². The van der Waals surface area contributed by atoms with Gasteiger partial charge in [-0.05, 0) is 24.5 Å². The highest BCUT2D eigenvalue weighted by atomic mass is 16.2. The molecule has 0 heterocycles. The Bertz CT molecular complexity index is 123. The van der Waals surface area contributed by atoms with Gasteiger partial charge in [0.05, 0.1) is 6.26 Å². The van der Waals surface area contributed by atoms with Crippen molar-refractivity contribution in [1.82, 2.24) is 0 Å². The summed E-state index contributed by atoms with van der Waals surface area (Å²) in [6.07, 6.45) is 8.24. The van der Waals surface area contributed by atoms with E-state index in [1.165, 1.54) is 5.57 Å². The number of allylic oxidation sites excluding steroid dienone is 3. The Morgan fingerprint density at radius 2 is 2.10 bits per heavy atom. The molecule has 0 saturated carbocycles. The molecule has 0 atom stereocenters. The minimum Gasteiger partial charge on any atom is -0.516 e. The molecular formula is C9H16O. The van der Waals surface area contributed by atoms with Crippen LogP contribution in [0.4, 0.5) is 0 Å². The Morgan fingerprint density at radius 1 is 1.40 bits per heavy atom. The van der Waals surface area contributed by atoms with Gasteiger partial charge in [0.2, 0.25) is 0 Å². The number of hydrogen-bond acceptors (Lipinski definition) is 1. The lowest BCUT2D eigenvalue weighted by Crippen LogP contribution is -1.76. The molecule has 0 unspecified atom stereocenters. The molecule has 1 heteroatoms. The number of hydrogen-bond donors (Lipinski definition) is 1. The molecule has 0 fully saturated rings. The van der Waals surface area contributed by atoms with Crippen LogP contribution >= 0.6 is 0 Å². The molecule has 58 valence electrons. The van der Waals surface area contributed by atoms with Crippen LogP contribution in [0.3, 0.4) is 0 Å². The first-order valence-corrected chi connectivity index (χ1v) is 3.84. The normalized spacial score (nSPS) is 12.8.